The summed E-state index contributed by atoms with van der Waals surface area (Å²) in [5.41, 5.74) is 5.98. The van der Waals surface area contributed by atoms with Crippen LogP contribution in [0.15, 0.2) is 13.6 Å². The Hall–Kier alpha value is 0.0200. The second kappa shape index (κ2) is 5.38. The largest absolute Gasteiger partial charge is 0.392 e. The number of hydrogen-bond donors (Lipinski definition) is 2. The third-order valence-corrected chi connectivity index (χ3v) is 4.37. The van der Waals surface area contributed by atoms with Crippen LogP contribution in [0.1, 0.15) is 17.3 Å². The first-order chi connectivity index (χ1) is 6.91. The average molecular weight is 372 g/mol. The van der Waals surface area contributed by atoms with E-state index in [0.29, 0.717) is 5.56 Å². The molecular formula is C8H8Br2N2OS2. The van der Waals surface area contributed by atoms with Gasteiger partial charge in [-0.25, -0.2) is 0 Å². The monoisotopic (exact) mass is 370 g/mol. The molecule has 1 amide bonds. The molecule has 1 atom stereocenters. The maximum Gasteiger partial charge on any atom is 0.253 e. The molecule has 0 aliphatic heterocycles. The molecule has 15 heavy (non-hydrogen) atoms. The quantitative estimate of drug-likeness (QED) is 0.803. The third-order valence-electron chi connectivity index (χ3n) is 1.68. The van der Waals surface area contributed by atoms with Gasteiger partial charge in [-0.2, -0.15) is 0 Å². The van der Waals surface area contributed by atoms with E-state index in [4.69, 9.17) is 18.0 Å². The first-order valence-electron chi connectivity index (χ1n) is 3.97. The van der Waals surface area contributed by atoms with Crippen molar-refractivity contribution >= 4 is 66.3 Å². The molecule has 1 heterocycles. The third kappa shape index (κ3) is 3.51. The first-order valence-corrected chi connectivity index (χ1v) is 6.78. The van der Waals surface area contributed by atoms with Crippen molar-refractivity contribution in [2.45, 2.75) is 13.0 Å². The van der Waals surface area contributed by atoms with Crippen molar-refractivity contribution in [2.24, 2.45) is 5.73 Å². The molecule has 1 unspecified atom stereocenters. The van der Waals surface area contributed by atoms with Crippen LogP contribution in [-0.2, 0) is 0 Å². The van der Waals surface area contributed by atoms with E-state index in [1.165, 1.54) is 11.3 Å². The zero-order chi connectivity index (χ0) is 11.6. The van der Waals surface area contributed by atoms with E-state index in [9.17, 15) is 4.79 Å². The molecule has 0 radical (unpaired) electrons. The summed E-state index contributed by atoms with van der Waals surface area (Å²) >= 11 is 12.8. The van der Waals surface area contributed by atoms with Gasteiger partial charge in [0.05, 0.1) is 24.2 Å². The molecule has 1 aromatic heterocycles. The lowest BCUT2D eigenvalue weighted by atomic mass is 10.3. The Bertz CT molecular complexity index is 405. The van der Waals surface area contributed by atoms with Crippen molar-refractivity contribution < 1.29 is 4.79 Å². The Morgan fingerprint density at radius 3 is 2.67 bits per heavy atom. The predicted octanol–water partition coefficient (Wildman–Crippen LogP) is 2.68. The molecule has 0 aliphatic rings. The number of amides is 1. The van der Waals surface area contributed by atoms with E-state index < -0.39 is 0 Å². The van der Waals surface area contributed by atoms with Crippen LogP contribution in [0.3, 0.4) is 0 Å². The zero-order valence-electron chi connectivity index (χ0n) is 7.71. The first kappa shape index (κ1) is 13.1. The summed E-state index contributed by atoms with van der Waals surface area (Å²) in [6, 6.07) is 1.44. The molecular weight excluding hydrogens is 364 g/mol. The van der Waals surface area contributed by atoms with Crippen LogP contribution in [0.2, 0.25) is 0 Å². The second-order valence-corrected chi connectivity index (χ2v) is 7.06. The Morgan fingerprint density at radius 1 is 1.67 bits per heavy atom. The number of hydrogen-bond acceptors (Lipinski definition) is 3. The van der Waals surface area contributed by atoms with Crippen molar-refractivity contribution in [3.05, 3.63) is 19.2 Å². The second-order valence-electron chi connectivity index (χ2n) is 2.84. The van der Waals surface area contributed by atoms with Crippen molar-refractivity contribution in [1.29, 1.82) is 0 Å². The molecule has 1 rings (SSSR count). The van der Waals surface area contributed by atoms with E-state index in [1.807, 2.05) is 0 Å². The van der Waals surface area contributed by atoms with Gasteiger partial charge in [0.1, 0.15) is 0 Å². The number of halogens is 2. The fourth-order valence-corrected chi connectivity index (χ4v) is 3.69. The Labute approximate surface area is 114 Å². The number of nitrogens with two attached hydrogens (primary N) is 1. The van der Waals surface area contributed by atoms with Gasteiger partial charge in [-0.05, 0) is 44.8 Å². The molecule has 0 aliphatic carbocycles. The van der Waals surface area contributed by atoms with Gasteiger partial charge in [-0.15, -0.1) is 11.3 Å². The molecule has 0 spiro atoms. The Balaban J connectivity index is 2.77. The van der Waals surface area contributed by atoms with Crippen molar-refractivity contribution in [2.75, 3.05) is 0 Å². The molecule has 7 heteroatoms. The summed E-state index contributed by atoms with van der Waals surface area (Å²) < 4.78 is 1.67. The molecule has 0 fully saturated rings. The molecule has 3 nitrogen and oxygen atoms in total. The maximum absolute atomic E-state index is 11.7. The molecule has 3 N–H and O–H groups in total. The molecule has 82 valence electrons. The number of rotatable bonds is 3. The maximum atomic E-state index is 11.7. The minimum Gasteiger partial charge on any atom is -0.392 e. The predicted molar refractivity (Wildman–Crippen MR) is 73.4 cm³/mol. The van der Waals surface area contributed by atoms with E-state index >= 15 is 0 Å². The minimum atomic E-state index is -0.307. The lowest BCUT2D eigenvalue weighted by molar-refractivity contribution is 0.0949. The summed E-state index contributed by atoms with van der Waals surface area (Å²) in [4.78, 5) is 12.0. The van der Waals surface area contributed by atoms with Crippen molar-refractivity contribution in [3.63, 3.8) is 0 Å². The summed E-state index contributed by atoms with van der Waals surface area (Å²) in [6.45, 7) is 1.75. The smallest absolute Gasteiger partial charge is 0.253 e. The standard InChI is InChI=1S/C8H8Br2N2OS2/c1-3(7(11)14)12-8(13)4-2-5(9)15-6(4)10/h2-3H,1H3,(H2,11,14)(H,12,13). The highest BCUT2D eigenvalue weighted by molar-refractivity contribution is 9.12. The fraction of sp³-hybridized carbons (Fsp3) is 0.250. The van der Waals surface area contributed by atoms with Crippen LogP contribution in [0.4, 0.5) is 0 Å². The van der Waals surface area contributed by atoms with Crippen LogP contribution >= 0.6 is 55.4 Å². The average Bonchev–Trinajstić information content (AvgIpc) is 2.44. The van der Waals surface area contributed by atoms with E-state index in [1.54, 1.807) is 13.0 Å². The Kier molecular flexibility index (Phi) is 4.69. The number of thiophene rings is 1. The van der Waals surface area contributed by atoms with E-state index in [-0.39, 0.29) is 16.9 Å². The van der Waals surface area contributed by atoms with Gasteiger partial charge in [0.15, 0.2) is 0 Å². The summed E-state index contributed by atoms with van der Waals surface area (Å²) in [5, 5.41) is 2.70. The summed E-state index contributed by atoms with van der Waals surface area (Å²) in [5.74, 6) is -0.191. The van der Waals surface area contributed by atoms with Crippen molar-refractivity contribution in [3.8, 4) is 0 Å². The lowest BCUT2D eigenvalue weighted by Crippen LogP contribution is -2.41. The SMILES string of the molecule is CC(NC(=O)c1cc(Br)sc1Br)C(N)=S. The number of carbonyl (C=O) groups is 1. The van der Waals surface area contributed by atoms with Crippen LogP contribution < -0.4 is 11.1 Å². The number of nitrogens with one attached hydrogen (secondary N) is 1. The van der Waals surface area contributed by atoms with Gasteiger partial charge in [-0.1, -0.05) is 12.2 Å². The number of carbonyl (C=O) groups excluding carboxylic acids is 1. The summed E-state index contributed by atoms with van der Waals surface area (Å²) in [6.07, 6.45) is 0. The van der Waals surface area contributed by atoms with Crippen LogP contribution in [-0.4, -0.2) is 16.9 Å². The van der Waals surface area contributed by atoms with Gasteiger partial charge in [0.25, 0.3) is 5.91 Å². The minimum absolute atomic E-state index is 0.191. The van der Waals surface area contributed by atoms with Gasteiger partial charge >= 0.3 is 0 Å². The van der Waals surface area contributed by atoms with Gasteiger partial charge in [0.2, 0.25) is 0 Å². The highest BCUT2D eigenvalue weighted by Gasteiger charge is 2.16. The zero-order valence-corrected chi connectivity index (χ0v) is 12.5. The Morgan fingerprint density at radius 2 is 2.27 bits per heavy atom. The van der Waals surface area contributed by atoms with Crippen LogP contribution in [0.5, 0.6) is 0 Å². The molecule has 0 bridgehead atoms. The lowest BCUT2D eigenvalue weighted by Gasteiger charge is -2.11. The van der Waals surface area contributed by atoms with E-state index in [2.05, 4.69) is 37.2 Å². The molecule has 0 saturated heterocycles. The number of thiocarbonyl (C=S) groups is 1. The highest BCUT2D eigenvalue weighted by atomic mass is 79.9. The topological polar surface area (TPSA) is 55.1 Å². The highest BCUT2D eigenvalue weighted by Crippen LogP contribution is 2.31. The van der Waals surface area contributed by atoms with Gasteiger partial charge in [0, 0.05) is 0 Å². The van der Waals surface area contributed by atoms with Gasteiger partial charge < -0.3 is 11.1 Å². The van der Waals surface area contributed by atoms with Gasteiger partial charge in [-0.3, -0.25) is 4.79 Å². The molecule has 1 aromatic rings. The van der Waals surface area contributed by atoms with Crippen LogP contribution in [0.25, 0.3) is 0 Å². The fourth-order valence-electron chi connectivity index (χ4n) is 0.841. The normalized spacial score (nSPS) is 12.2. The molecule has 0 aromatic carbocycles. The summed E-state index contributed by atoms with van der Waals surface area (Å²) in [7, 11) is 0. The van der Waals surface area contributed by atoms with Crippen LogP contribution in [0, 0.1) is 0 Å². The van der Waals surface area contributed by atoms with Crippen molar-refractivity contribution in [1.82, 2.24) is 5.32 Å². The molecule has 0 saturated carbocycles. The van der Waals surface area contributed by atoms with E-state index in [0.717, 1.165) is 7.57 Å².